The Hall–Kier alpha value is -2.35. The van der Waals surface area contributed by atoms with Crippen molar-refractivity contribution in [1.82, 2.24) is 9.55 Å². The normalized spacial score (nSPS) is 13.0. The van der Waals surface area contributed by atoms with Gasteiger partial charge < -0.3 is 0 Å². The molecule has 160 valence electrons. The number of benzene rings is 2. The molecule has 3 aromatic rings. The first-order chi connectivity index (χ1) is 13.7. The van der Waals surface area contributed by atoms with Gasteiger partial charge in [-0.3, -0.25) is 4.57 Å². The zero-order valence-corrected chi connectivity index (χ0v) is 20.5. The van der Waals surface area contributed by atoms with Crippen molar-refractivity contribution < 1.29 is 0 Å². The molecule has 2 heteroatoms. The molecule has 0 aliphatic rings. The summed E-state index contributed by atoms with van der Waals surface area (Å²) in [5.41, 5.74) is 7.92. The van der Waals surface area contributed by atoms with Crippen LogP contribution in [0, 0.1) is 6.92 Å². The van der Waals surface area contributed by atoms with Gasteiger partial charge >= 0.3 is 0 Å². The molecule has 2 aromatic carbocycles. The van der Waals surface area contributed by atoms with Crippen molar-refractivity contribution in [2.75, 3.05) is 0 Å². The molecule has 1 heterocycles. The van der Waals surface area contributed by atoms with E-state index in [-0.39, 0.29) is 16.2 Å². The summed E-state index contributed by atoms with van der Waals surface area (Å²) in [6.45, 7) is 23.0. The summed E-state index contributed by atoms with van der Waals surface area (Å²) in [6, 6.07) is 13.4. The van der Waals surface area contributed by atoms with Gasteiger partial charge in [0.1, 0.15) is 5.82 Å². The largest absolute Gasteiger partial charge is 0.299 e. The average Bonchev–Trinajstić information content (AvgIpc) is 3.07. The summed E-state index contributed by atoms with van der Waals surface area (Å²) < 4.78 is 2.32. The Balaban J connectivity index is 2.44. The van der Waals surface area contributed by atoms with Crippen LogP contribution in [-0.2, 0) is 16.2 Å². The molecule has 2 nitrogen and oxygen atoms in total. The fourth-order valence-corrected chi connectivity index (χ4v) is 3.98. The summed E-state index contributed by atoms with van der Waals surface area (Å²) in [5, 5.41) is 0. The Bertz CT molecular complexity index is 1010. The van der Waals surface area contributed by atoms with Crippen LogP contribution < -0.4 is 0 Å². The summed E-state index contributed by atoms with van der Waals surface area (Å²) >= 11 is 0. The molecule has 0 N–H and O–H groups in total. The molecule has 0 unspecified atom stereocenters. The molecular formula is C28H38N2. The lowest BCUT2D eigenvalue weighted by atomic mass is 9.74. The van der Waals surface area contributed by atoms with Crippen LogP contribution >= 0.6 is 0 Å². The number of aromatic nitrogens is 2. The zero-order valence-electron chi connectivity index (χ0n) is 20.5. The van der Waals surface area contributed by atoms with E-state index in [4.69, 9.17) is 4.98 Å². The average molecular weight is 403 g/mol. The summed E-state index contributed by atoms with van der Waals surface area (Å²) in [5.74, 6) is 1.01. The van der Waals surface area contributed by atoms with Crippen LogP contribution in [0.1, 0.15) is 84.6 Å². The Labute approximate surface area is 183 Å². The first-order valence-electron chi connectivity index (χ1n) is 11.0. The van der Waals surface area contributed by atoms with E-state index in [1.165, 1.54) is 33.5 Å². The van der Waals surface area contributed by atoms with Gasteiger partial charge in [0.25, 0.3) is 0 Å². The van der Waals surface area contributed by atoms with Crippen LogP contribution in [0.4, 0.5) is 0 Å². The van der Waals surface area contributed by atoms with Gasteiger partial charge in [0.05, 0.1) is 5.69 Å². The van der Waals surface area contributed by atoms with Crippen molar-refractivity contribution in [3.05, 3.63) is 71.0 Å². The van der Waals surface area contributed by atoms with E-state index in [1.807, 2.05) is 6.20 Å². The molecule has 0 fully saturated rings. The number of hydrogen-bond donors (Lipinski definition) is 0. The molecule has 0 bridgehead atoms. The Morgan fingerprint density at radius 1 is 0.733 bits per heavy atom. The predicted octanol–water partition coefficient (Wildman–Crippen LogP) is 7.74. The minimum Gasteiger partial charge on any atom is -0.299 e. The van der Waals surface area contributed by atoms with Crippen LogP contribution in [0.3, 0.4) is 0 Å². The smallest absolute Gasteiger partial charge is 0.144 e. The molecule has 0 aliphatic heterocycles. The Morgan fingerprint density at radius 2 is 1.27 bits per heavy atom. The molecule has 0 saturated heterocycles. The molecular weight excluding hydrogens is 364 g/mol. The molecule has 0 atom stereocenters. The number of nitrogens with zero attached hydrogens (tertiary/aromatic N) is 2. The van der Waals surface area contributed by atoms with Crippen LogP contribution in [0.25, 0.3) is 17.1 Å². The van der Waals surface area contributed by atoms with E-state index >= 15 is 0 Å². The standard InChI is InChI=1S/C28H38N2/c1-19-13-11-12-14-21(19)25-29-15-16-30(25)24-22(27(5,6)7)17-20(26(2,3)4)18-23(24)28(8,9)10/h11-18H,1-10H3. The van der Waals surface area contributed by atoms with Gasteiger partial charge in [-0.15, -0.1) is 0 Å². The SMILES string of the molecule is Cc1ccccc1-c1nccn1-c1c(C(C)(C)C)cc(C(C)(C)C)cc1C(C)(C)C. The van der Waals surface area contributed by atoms with Gasteiger partial charge in [0, 0.05) is 18.0 Å². The van der Waals surface area contributed by atoms with E-state index in [0.717, 1.165) is 5.82 Å². The zero-order chi connectivity index (χ0) is 22.5. The van der Waals surface area contributed by atoms with Gasteiger partial charge in [-0.1, -0.05) is 98.7 Å². The number of imidazole rings is 1. The van der Waals surface area contributed by atoms with Gasteiger partial charge in [0.2, 0.25) is 0 Å². The van der Waals surface area contributed by atoms with Crippen molar-refractivity contribution in [2.24, 2.45) is 0 Å². The van der Waals surface area contributed by atoms with E-state index < -0.39 is 0 Å². The van der Waals surface area contributed by atoms with E-state index in [1.54, 1.807) is 0 Å². The maximum atomic E-state index is 4.80. The van der Waals surface area contributed by atoms with Crippen LogP contribution in [0.5, 0.6) is 0 Å². The lowest BCUT2D eigenvalue weighted by Crippen LogP contribution is -2.25. The van der Waals surface area contributed by atoms with Crippen molar-refractivity contribution >= 4 is 0 Å². The molecule has 30 heavy (non-hydrogen) atoms. The minimum absolute atomic E-state index is 0.00384. The lowest BCUT2D eigenvalue weighted by molar-refractivity contribution is 0.543. The second-order valence-electron chi connectivity index (χ2n) is 11.6. The third-order valence-corrected chi connectivity index (χ3v) is 5.86. The van der Waals surface area contributed by atoms with Gasteiger partial charge in [-0.05, 0) is 45.4 Å². The van der Waals surface area contributed by atoms with Crippen molar-refractivity contribution in [3.8, 4) is 17.1 Å². The second-order valence-corrected chi connectivity index (χ2v) is 11.6. The van der Waals surface area contributed by atoms with E-state index in [2.05, 4.69) is 116 Å². The fourth-order valence-electron chi connectivity index (χ4n) is 3.98. The highest BCUT2D eigenvalue weighted by Crippen LogP contribution is 2.41. The summed E-state index contributed by atoms with van der Waals surface area (Å²) in [4.78, 5) is 4.80. The maximum absolute atomic E-state index is 4.80. The molecule has 0 aliphatic carbocycles. The first kappa shape index (κ1) is 22.3. The minimum atomic E-state index is 0.00384. The fraction of sp³-hybridized carbons (Fsp3) is 0.464. The van der Waals surface area contributed by atoms with Crippen LogP contribution in [0.15, 0.2) is 48.8 Å². The second kappa shape index (κ2) is 7.41. The van der Waals surface area contributed by atoms with Gasteiger partial charge in [-0.2, -0.15) is 0 Å². The van der Waals surface area contributed by atoms with E-state index in [9.17, 15) is 0 Å². The highest BCUT2D eigenvalue weighted by molar-refractivity contribution is 5.66. The molecule has 0 amide bonds. The number of rotatable bonds is 2. The van der Waals surface area contributed by atoms with Crippen molar-refractivity contribution in [3.63, 3.8) is 0 Å². The summed E-state index contributed by atoms with van der Waals surface area (Å²) in [6.07, 6.45) is 4.05. The van der Waals surface area contributed by atoms with E-state index in [0.29, 0.717) is 0 Å². The van der Waals surface area contributed by atoms with Gasteiger partial charge in [0.15, 0.2) is 0 Å². The van der Waals surface area contributed by atoms with Crippen LogP contribution in [-0.4, -0.2) is 9.55 Å². The monoisotopic (exact) mass is 402 g/mol. The number of hydrogen-bond acceptors (Lipinski definition) is 1. The first-order valence-corrected chi connectivity index (χ1v) is 11.0. The quantitative estimate of drug-likeness (QED) is 0.428. The highest BCUT2D eigenvalue weighted by Gasteiger charge is 2.30. The highest BCUT2D eigenvalue weighted by atomic mass is 15.1. The van der Waals surface area contributed by atoms with Crippen molar-refractivity contribution in [1.29, 1.82) is 0 Å². The topological polar surface area (TPSA) is 17.8 Å². The molecule has 3 rings (SSSR count). The molecule has 1 aromatic heterocycles. The van der Waals surface area contributed by atoms with Crippen molar-refractivity contribution in [2.45, 2.75) is 85.5 Å². The lowest BCUT2D eigenvalue weighted by Gasteiger charge is -2.34. The summed E-state index contributed by atoms with van der Waals surface area (Å²) in [7, 11) is 0. The molecule has 0 radical (unpaired) electrons. The van der Waals surface area contributed by atoms with Crippen LogP contribution in [0.2, 0.25) is 0 Å². The van der Waals surface area contributed by atoms with Gasteiger partial charge in [-0.25, -0.2) is 4.98 Å². The molecule has 0 spiro atoms. The Kier molecular flexibility index (Phi) is 5.52. The molecule has 0 saturated carbocycles. The third kappa shape index (κ3) is 4.24. The maximum Gasteiger partial charge on any atom is 0.144 e. The third-order valence-electron chi connectivity index (χ3n) is 5.86. The predicted molar refractivity (Wildman–Crippen MR) is 130 cm³/mol. The number of aryl methyl sites for hydroxylation is 1. The Morgan fingerprint density at radius 3 is 1.73 bits per heavy atom.